The van der Waals surface area contributed by atoms with E-state index in [-0.39, 0.29) is 17.5 Å². The molecule has 4 heteroatoms. The molecule has 0 spiro atoms. The van der Waals surface area contributed by atoms with E-state index in [0.717, 1.165) is 31.8 Å². The Hall–Kier alpha value is -1.32. The van der Waals surface area contributed by atoms with Gasteiger partial charge < -0.3 is 10.4 Å². The first kappa shape index (κ1) is 11.8. The molecule has 0 aromatic carbocycles. The van der Waals surface area contributed by atoms with Gasteiger partial charge in [0.2, 0.25) is 5.91 Å². The molecule has 1 aliphatic rings. The minimum atomic E-state index is -1.05. The number of rotatable bonds is 3. The molecule has 0 radical (unpaired) electrons. The van der Waals surface area contributed by atoms with Crippen LogP contribution in [0.2, 0.25) is 0 Å². The number of hydrogen-bond donors (Lipinski definition) is 2. The number of carboxylic acid groups (broad SMARTS) is 1. The van der Waals surface area contributed by atoms with Crippen molar-refractivity contribution in [2.45, 2.75) is 45.1 Å². The molecule has 0 aromatic rings. The van der Waals surface area contributed by atoms with Gasteiger partial charge >= 0.3 is 5.97 Å². The number of nitrogens with one attached hydrogen (secondary N) is 1. The second kappa shape index (κ2) is 5.53. The molecule has 0 saturated heterocycles. The third kappa shape index (κ3) is 4.14. The highest BCUT2D eigenvalue weighted by Crippen LogP contribution is 2.17. The number of aliphatic carboxylic acids is 1. The summed E-state index contributed by atoms with van der Waals surface area (Å²) in [6, 6.07) is 0.226. The highest BCUT2D eigenvalue weighted by molar-refractivity contribution is 5.97. The molecule has 0 unspecified atom stereocenters. The highest BCUT2D eigenvalue weighted by atomic mass is 16.4. The van der Waals surface area contributed by atoms with E-state index in [4.69, 9.17) is 5.11 Å². The summed E-state index contributed by atoms with van der Waals surface area (Å²) in [7, 11) is 0. The van der Waals surface area contributed by atoms with E-state index in [9.17, 15) is 9.59 Å². The van der Waals surface area contributed by atoms with Crippen LogP contribution >= 0.6 is 0 Å². The molecular weight excluding hydrogens is 194 g/mol. The van der Waals surface area contributed by atoms with E-state index in [1.807, 2.05) is 0 Å². The van der Waals surface area contributed by atoms with Gasteiger partial charge in [-0.15, -0.1) is 0 Å². The van der Waals surface area contributed by atoms with Crippen molar-refractivity contribution >= 4 is 11.9 Å². The van der Waals surface area contributed by atoms with Crippen LogP contribution in [0.3, 0.4) is 0 Å². The Kier molecular flexibility index (Phi) is 4.34. The molecule has 4 nitrogen and oxygen atoms in total. The molecule has 0 bridgehead atoms. The summed E-state index contributed by atoms with van der Waals surface area (Å²) in [5, 5.41) is 11.4. The van der Waals surface area contributed by atoms with Crippen LogP contribution in [0.4, 0.5) is 0 Å². The van der Waals surface area contributed by atoms with Crippen molar-refractivity contribution < 1.29 is 14.7 Å². The van der Waals surface area contributed by atoms with E-state index in [2.05, 4.69) is 5.32 Å². The second-order valence-corrected chi connectivity index (χ2v) is 3.98. The summed E-state index contributed by atoms with van der Waals surface area (Å²) < 4.78 is 0. The fraction of sp³-hybridized carbons (Fsp3) is 0.636. The normalized spacial score (nSPS) is 18.6. The monoisotopic (exact) mass is 211 g/mol. The molecule has 1 rings (SSSR count). The lowest BCUT2D eigenvalue weighted by Crippen LogP contribution is -2.35. The Balaban J connectivity index is 2.41. The zero-order valence-corrected chi connectivity index (χ0v) is 8.95. The molecule has 0 aliphatic heterocycles. The maximum absolute atomic E-state index is 11.4. The predicted molar refractivity (Wildman–Crippen MR) is 56.4 cm³/mol. The van der Waals surface area contributed by atoms with Crippen LogP contribution in [0.1, 0.15) is 39.0 Å². The Morgan fingerprint density at radius 3 is 2.40 bits per heavy atom. The number of carbonyl (C=O) groups excluding carboxylic acids is 1. The Morgan fingerprint density at radius 1 is 1.27 bits per heavy atom. The smallest absolute Gasteiger partial charge is 0.331 e. The topological polar surface area (TPSA) is 66.4 Å². The average molecular weight is 211 g/mol. The van der Waals surface area contributed by atoms with Gasteiger partial charge in [-0.25, -0.2) is 4.79 Å². The standard InChI is InChI=1S/C11H17NO3/c1-8(11(14)15)7-10(13)12-9-5-3-2-4-6-9/h7,9H,2-6H2,1H3,(H,12,13)(H,14,15). The summed E-state index contributed by atoms with van der Waals surface area (Å²) >= 11 is 0. The van der Waals surface area contributed by atoms with E-state index >= 15 is 0 Å². The van der Waals surface area contributed by atoms with Gasteiger partial charge in [0.15, 0.2) is 0 Å². The molecular formula is C11H17NO3. The lowest BCUT2D eigenvalue weighted by atomic mass is 9.95. The second-order valence-electron chi connectivity index (χ2n) is 3.98. The van der Waals surface area contributed by atoms with Gasteiger partial charge in [0, 0.05) is 17.7 Å². The van der Waals surface area contributed by atoms with Crippen molar-refractivity contribution in [2.75, 3.05) is 0 Å². The highest BCUT2D eigenvalue weighted by Gasteiger charge is 2.15. The van der Waals surface area contributed by atoms with Crippen molar-refractivity contribution in [3.63, 3.8) is 0 Å². The zero-order valence-electron chi connectivity index (χ0n) is 8.95. The minimum absolute atomic E-state index is 0.0725. The summed E-state index contributed by atoms with van der Waals surface area (Å²) in [6.07, 6.45) is 6.68. The number of carbonyl (C=O) groups is 2. The van der Waals surface area contributed by atoms with Crippen LogP contribution in [0.25, 0.3) is 0 Å². The van der Waals surface area contributed by atoms with Crippen LogP contribution < -0.4 is 5.32 Å². The molecule has 0 aromatic heterocycles. The largest absolute Gasteiger partial charge is 0.478 e. The zero-order chi connectivity index (χ0) is 11.3. The number of hydrogen-bond acceptors (Lipinski definition) is 2. The molecule has 1 aliphatic carbocycles. The summed E-state index contributed by atoms with van der Waals surface area (Å²) in [4.78, 5) is 21.9. The third-order valence-electron chi connectivity index (χ3n) is 2.64. The van der Waals surface area contributed by atoms with Gasteiger partial charge in [-0.2, -0.15) is 0 Å². The van der Waals surface area contributed by atoms with Crippen molar-refractivity contribution in [1.29, 1.82) is 0 Å². The average Bonchev–Trinajstić information content (AvgIpc) is 2.18. The third-order valence-corrected chi connectivity index (χ3v) is 2.64. The number of carboxylic acids is 1. The number of amides is 1. The summed E-state index contributed by atoms with van der Waals surface area (Å²) in [5.41, 5.74) is 0.0725. The van der Waals surface area contributed by atoms with Gasteiger partial charge in [-0.05, 0) is 19.8 Å². The van der Waals surface area contributed by atoms with Crippen LogP contribution in [-0.2, 0) is 9.59 Å². The van der Waals surface area contributed by atoms with Gasteiger partial charge in [-0.1, -0.05) is 19.3 Å². The van der Waals surface area contributed by atoms with Gasteiger partial charge in [0.25, 0.3) is 0 Å². The van der Waals surface area contributed by atoms with Crippen LogP contribution in [0, 0.1) is 0 Å². The summed E-state index contributed by atoms with van der Waals surface area (Å²) in [6.45, 7) is 1.42. The van der Waals surface area contributed by atoms with Gasteiger partial charge in [0.1, 0.15) is 0 Å². The van der Waals surface area contributed by atoms with Gasteiger partial charge in [0.05, 0.1) is 0 Å². The van der Waals surface area contributed by atoms with Crippen molar-refractivity contribution in [3.8, 4) is 0 Å². The Morgan fingerprint density at radius 2 is 1.87 bits per heavy atom. The lowest BCUT2D eigenvalue weighted by molar-refractivity contribution is -0.133. The molecule has 15 heavy (non-hydrogen) atoms. The van der Waals surface area contributed by atoms with Crippen LogP contribution in [-0.4, -0.2) is 23.0 Å². The predicted octanol–water partition coefficient (Wildman–Crippen LogP) is 1.47. The lowest BCUT2D eigenvalue weighted by Gasteiger charge is -2.21. The minimum Gasteiger partial charge on any atom is -0.478 e. The Bertz CT molecular complexity index is 278. The fourth-order valence-corrected chi connectivity index (χ4v) is 1.75. The fourth-order valence-electron chi connectivity index (χ4n) is 1.75. The maximum atomic E-state index is 11.4. The summed E-state index contributed by atoms with van der Waals surface area (Å²) in [5.74, 6) is -1.34. The molecule has 2 N–H and O–H groups in total. The molecule has 0 heterocycles. The van der Waals surface area contributed by atoms with Crippen molar-refractivity contribution in [3.05, 3.63) is 11.6 Å². The first-order valence-electron chi connectivity index (χ1n) is 5.31. The van der Waals surface area contributed by atoms with Gasteiger partial charge in [-0.3, -0.25) is 4.79 Å². The van der Waals surface area contributed by atoms with Crippen molar-refractivity contribution in [2.24, 2.45) is 0 Å². The quantitative estimate of drug-likeness (QED) is 0.694. The SMILES string of the molecule is CC(=CC(=O)NC1CCCCC1)C(=O)O. The van der Waals surface area contributed by atoms with Crippen molar-refractivity contribution in [1.82, 2.24) is 5.32 Å². The maximum Gasteiger partial charge on any atom is 0.331 e. The first-order valence-corrected chi connectivity index (χ1v) is 5.31. The van der Waals surface area contributed by atoms with Crippen LogP contribution in [0.5, 0.6) is 0 Å². The van der Waals surface area contributed by atoms with E-state index < -0.39 is 5.97 Å². The first-order chi connectivity index (χ1) is 7.09. The van der Waals surface area contributed by atoms with E-state index in [1.54, 1.807) is 0 Å². The molecule has 0 atom stereocenters. The van der Waals surface area contributed by atoms with E-state index in [1.165, 1.54) is 13.3 Å². The Labute approximate surface area is 89.4 Å². The van der Waals surface area contributed by atoms with Crippen LogP contribution in [0.15, 0.2) is 11.6 Å². The molecule has 1 saturated carbocycles. The van der Waals surface area contributed by atoms with E-state index in [0.29, 0.717) is 0 Å². The molecule has 1 amide bonds. The molecule has 84 valence electrons. The molecule has 1 fully saturated rings.